The fraction of sp³-hybridized carbons (Fsp3) is 0. The minimum atomic E-state index is -0.554. The van der Waals surface area contributed by atoms with Crippen LogP contribution in [0.1, 0.15) is 10.4 Å². The summed E-state index contributed by atoms with van der Waals surface area (Å²) in [5.74, 6) is -0.554. The quantitative estimate of drug-likeness (QED) is 0.680. The van der Waals surface area contributed by atoms with E-state index in [1.807, 2.05) is 18.2 Å². The molecule has 17 heavy (non-hydrogen) atoms. The Hall–Kier alpha value is -2.49. The summed E-state index contributed by atoms with van der Waals surface area (Å²) in [7, 11) is 0. The number of anilines is 2. The molecule has 86 valence electrons. The van der Waals surface area contributed by atoms with Crippen LogP contribution in [0.15, 0.2) is 42.5 Å². The fourth-order valence-electron chi connectivity index (χ4n) is 1.81. The largest absolute Gasteiger partial charge is 0.398 e. The van der Waals surface area contributed by atoms with E-state index in [1.54, 1.807) is 24.3 Å². The maximum Gasteiger partial charge on any atom is 0.251 e. The van der Waals surface area contributed by atoms with E-state index in [1.165, 1.54) is 0 Å². The summed E-state index contributed by atoms with van der Waals surface area (Å²) in [6.07, 6.45) is 0. The molecule has 0 heterocycles. The Bertz CT molecular complexity index is 579. The van der Waals surface area contributed by atoms with Crippen molar-refractivity contribution in [3.05, 3.63) is 48.0 Å². The lowest BCUT2D eigenvalue weighted by Gasteiger charge is -2.11. The molecule has 0 aromatic heterocycles. The molecule has 0 fully saturated rings. The van der Waals surface area contributed by atoms with Crippen molar-refractivity contribution >= 4 is 17.3 Å². The Morgan fingerprint density at radius 2 is 1.41 bits per heavy atom. The Labute approximate surface area is 99.0 Å². The van der Waals surface area contributed by atoms with Crippen LogP contribution < -0.4 is 17.2 Å². The van der Waals surface area contributed by atoms with Crippen molar-refractivity contribution in [2.24, 2.45) is 5.73 Å². The number of primary amides is 1. The third-order valence-corrected chi connectivity index (χ3v) is 2.59. The number of benzene rings is 2. The van der Waals surface area contributed by atoms with Crippen LogP contribution in [0.2, 0.25) is 0 Å². The van der Waals surface area contributed by atoms with Crippen molar-refractivity contribution in [3.8, 4) is 11.1 Å². The van der Waals surface area contributed by atoms with Crippen molar-refractivity contribution in [1.29, 1.82) is 0 Å². The maximum absolute atomic E-state index is 11.4. The molecule has 0 saturated carbocycles. The number of carbonyl (C=O) groups is 1. The normalized spacial score (nSPS) is 10.1. The SMILES string of the molecule is NC(=O)c1c(N)cccc1-c1ccccc1N. The Balaban J connectivity index is 2.72. The molecule has 0 radical (unpaired) electrons. The highest BCUT2D eigenvalue weighted by molar-refractivity contribution is 6.05. The van der Waals surface area contributed by atoms with Gasteiger partial charge in [-0.05, 0) is 17.7 Å². The molecule has 4 heteroatoms. The van der Waals surface area contributed by atoms with Crippen LogP contribution in [0.3, 0.4) is 0 Å². The summed E-state index contributed by atoms with van der Waals surface area (Å²) >= 11 is 0. The van der Waals surface area contributed by atoms with Crippen LogP contribution in [0, 0.1) is 0 Å². The molecule has 2 aromatic carbocycles. The molecule has 4 nitrogen and oxygen atoms in total. The predicted molar refractivity (Wildman–Crippen MR) is 69.2 cm³/mol. The Morgan fingerprint density at radius 1 is 0.824 bits per heavy atom. The lowest BCUT2D eigenvalue weighted by Crippen LogP contribution is -2.15. The van der Waals surface area contributed by atoms with Gasteiger partial charge in [-0.3, -0.25) is 4.79 Å². The van der Waals surface area contributed by atoms with Gasteiger partial charge >= 0.3 is 0 Å². The van der Waals surface area contributed by atoms with Gasteiger partial charge in [-0.1, -0.05) is 30.3 Å². The number of carbonyl (C=O) groups excluding carboxylic acids is 1. The summed E-state index contributed by atoms with van der Waals surface area (Å²) in [5.41, 5.74) is 19.7. The van der Waals surface area contributed by atoms with Gasteiger partial charge < -0.3 is 17.2 Å². The molecule has 0 unspecified atom stereocenters. The lowest BCUT2D eigenvalue weighted by molar-refractivity contribution is 0.100. The summed E-state index contributed by atoms with van der Waals surface area (Å²) in [6.45, 7) is 0. The maximum atomic E-state index is 11.4. The molecule has 2 rings (SSSR count). The summed E-state index contributed by atoms with van der Waals surface area (Å²) < 4.78 is 0. The van der Waals surface area contributed by atoms with Crippen LogP contribution >= 0.6 is 0 Å². The van der Waals surface area contributed by atoms with Gasteiger partial charge in [0.2, 0.25) is 0 Å². The summed E-state index contributed by atoms with van der Waals surface area (Å²) in [4.78, 5) is 11.4. The molecular weight excluding hydrogens is 214 g/mol. The highest BCUT2D eigenvalue weighted by Gasteiger charge is 2.14. The van der Waals surface area contributed by atoms with Crippen molar-refractivity contribution < 1.29 is 4.79 Å². The zero-order valence-electron chi connectivity index (χ0n) is 9.18. The lowest BCUT2D eigenvalue weighted by atomic mass is 9.96. The van der Waals surface area contributed by atoms with E-state index in [-0.39, 0.29) is 0 Å². The van der Waals surface area contributed by atoms with E-state index in [0.717, 1.165) is 5.56 Å². The zero-order valence-corrected chi connectivity index (χ0v) is 9.18. The minimum absolute atomic E-state index is 0.311. The van der Waals surface area contributed by atoms with E-state index >= 15 is 0 Å². The van der Waals surface area contributed by atoms with Crippen LogP contribution in [0.4, 0.5) is 11.4 Å². The summed E-state index contributed by atoms with van der Waals surface area (Å²) in [6, 6.07) is 12.5. The molecule has 6 N–H and O–H groups in total. The van der Waals surface area contributed by atoms with Crippen molar-refractivity contribution in [2.75, 3.05) is 11.5 Å². The number of hydrogen-bond donors (Lipinski definition) is 3. The van der Waals surface area contributed by atoms with E-state index in [2.05, 4.69) is 0 Å². The average Bonchev–Trinajstić information content (AvgIpc) is 2.28. The molecule has 0 saturated heterocycles. The Kier molecular flexibility index (Phi) is 2.70. The second-order valence-corrected chi connectivity index (χ2v) is 3.72. The molecule has 0 bridgehead atoms. The first-order valence-electron chi connectivity index (χ1n) is 5.14. The van der Waals surface area contributed by atoms with Gasteiger partial charge in [0.05, 0.1) is 5.56 Å². The zero-order chi connectivity index (χ0) is 12.4. The smallest absolute Gasteiger partial charge is 0.251 e. The molecule has 0 spiro atoms. The predicted octanol–water partition coefficient (Wildman–Crippen LogP) is 1.62. The first-order valence-corrected chi connectivity index (χ1v) is 5.14. The second-order valence-electron chi connectivity index (χ2n) is 3.72. The molecular formula is C13H13N3O. The third kappa shape index (κ3) is 1.92. The van der Waals surface area contributed by atoms with Gasteiger partial charge in [-0.15, -0.1) is 0 Å². The van der Waals surface area contributed by atoms with Crippen LogP contribution in [-0.2, 0) is 0 Å². The van der Waals surface area contributed by atoms with Gasteiger partial charge in [0.15, 0.2) is 0 Å². The van der Waals surface area contributed by atoms with Gasteiger partial charge in [-0.25, -0.2) is 0 Å². The molecule has 0 atom stereocenters. The highest BCUT2D eigenvalue weighted by atomic mass is 16.1. The first-order chi connectivity index (χ1) is 8.11. The highest BCUT2D eigenvalue weighted by Crippen LogP contribution is 2.31. The van der Waals surface area contributed by atoms with E-state index in [9.17, 15) is 4.79 Å². The average molecular weight is 227 g/mol. The van der Waals surface area contributed by atoms with Crippen molar-refractivity contribution in [1.82, 2.24) is 0 Å². The molecule has 1 amide bonds. The Morgan fingerprint density at radius 3 is 2.06 bits per heavy atom. The van der Waals surface area contributed by atoms with Gasteiger partial charge in [0.25, 0.3) is 5.91 Å². The number of nitrogen functional groups attached to an aromatic ring is 2. The van der Waals surface area contributed by atoms with Crippen molar-refractivity contribution in [3.63, 3.8) is 0 Å². The molecule has 0 aliphatic rings. The first kappa shape index (κ1) is 11.0. The number of rotatable bonds is 2. The third-order valence-electron chi connectivity index (χ3n) is 2.59. The fourth-order valence-corrected chi connectivity index (χ4v) is 1.81. The van der Waals surface area contributed by atoms with Crippen LogP contribution in [0.5, 0.6) is 0 Å². The van der Waals surface area contributed by atoms with E-state index in [4.69, 9.17) is 17.2 Å². The number of hydrogen-bond acceptors (Lipinski definition) is 3. The van der Waals surface area contributed by atoms with Crippen LogP contribution in [-0.4, -0.2) is 5.91 Å². The van der Waals surface area contributed by atoms with Crippen molar-refractivity contribution in [2.45, 2.75) is 0 Å². The number of amides is 1. The monoisotopic (exact) mass is 227 g/mol. The van der Waals surface area contributed by atoms with Crippen LogP contribution in [0.25, 0.3) is 11.1 Å². The minimum Gasteiger partial charge on any atom is -0.398 e. The molecule has 0 aliphatic heterocycles. The number of para-hydroxylation sites is 1. The standard InChI is InChI=1S/C13H13N3O/c14-10-6-2-1-4-8(10)9-5-3-7-11(15)12(9)13(16)17/h1-7H,14-15H2,(H2,16,17). The molecule has 0 aliphatic carbocycles. The summed E-state index contributed by atoms with van der Waals surface area (Å²) in [5, 5.41) is 0. The number of nitrogens with two attached hydrogens (primary N) is 3. The van der Waals surface area contributed by atoms with Gasteiger partial charge in [0, 0.05) is 16.9 Å². The van der Waals surface area contributed by atoms with E-state index in [0.29, 0.717) is 22.5 Å². The van der Waals surface area contributed by atoms with E-state index < -0.39 is 5.91 Å². The second kappa shape index (κ2) is 4.17. The van der Waals surface area contributed by atoms with Gasteiger partial charge in [0.1, 0.15) is 0 Å². The molecule has 2 aromatic rings. The topological polar surface area (TPSA) is 95.1 Å². The van der Waals surface area contributed by atoms with Gasteiger partial charge in [-0.2, -0.15) is 0 Å².